The molecular weight excluding hydrogens is 303 g/mol. The molecule has 2 aromatic carbocycles. The Morgan fingerprint density at radius 3 is 2.67 bits per heavy atom. The van der Waals surface area contributed by atoms with E-state index in [2.05, 4.69) is 4.98 Å². The topological polar surface area (TPSA) is 34.5 Å². The van der Waals surface area contributed by atoms with Gasteiger partial charge in [0.2, 0.25) is 0 Å². The van der Waals surface area contributed by atoms with Gasteiger partial charge in [-0.15, -0.1) is 0 Å². The van der Waals surface area contributed by atoms with Crippen molar-refractivity contribution >= 4 is 16.6 Å². The van der Waals surface area contributed by atoms with Gasteiger partial charge in [-0.3, -0.25) is 9.98 Å². The van der Waals surface area contributed by atoms with Gasteiger partial charge in [-0.2, -0.15) is 0 Å². The van der Waals surface area contributed by atoms with Crippen LogP contribution in [0.15, 0.2) is 53.7 Å². The number of para-hydroxylation sites is 1. The Hall–Kier alpha value is -2.75. The molecule has 4 heteroatoms. The van der Waals surface area contributed by atoms with Gasteiger partial charge in [0.05, 0.1) is 18.4 Å². The van der Waals surface area contributed by atoms with Gasteiger partial charge in [-0.05, 0) is 32.0 Å². The minimum Gasteiger partial charge on any atom is -0.494 e. The van der Waals surface area contributed by atoms with E-state index in [1.807, 2.05) is 44.2 Å². The van der Waals surface area contributed by atoms with Crippen LogP contribution < -0.4 is 4.74 Å². The summed E-state index contributed by atoms with van der Waals surface area (Å²) in [7, 11) is 1.63. The summed E-state index contributed by atoms with van der Waals surface area (Å²) >= 11 is 0. The summed E-state index contributed by atoms with van der Waals surface area (Å²) in [5.41, 5.74) is 3.37. The van der Waals surface area contributed by atoms with Crippen molar-refractivity contribution in [2.75, 3.05) is 7.11 Å². The molecule has 1 aliphatic rings. The maximum atomic E-state index is 14.3. The van der Waals surface area contributed by atoms with E-state index in [0.717, 1.165) is 33.5 Å². The molecule has 0 N–H and O–H groups in total. The fraction of sp³-hybridized carbons (Fsp3) is 0.200. The maximum Gasteiger partial charge on any atom is 0.145 e. The molecule has 2 heterocycles. The number of benzene rings is 2. The Labute approximate surface area is 139 Å². The number of ether oxygens (including phenoxy) is 1. The third-order valence-corrected chi connectivity index (χ3v) is 4.44. The van der Waals surface area contributed by atoms with Gasteiger partial charge in [-0.1, -0.05) is 24.3 Å². The number of fused-ring (bicyclic) bond motifs is 2. The van der Waals surface area contributed by atoms with Crippen molar-refractivity contribution < 1.29 is 9.13 Å². The van der Waals surface area contributed by atoms with E-state index < -0.39 is 5.54 Å². The van der Waals surface area contributed by atoms with Gasteiger partial charge in [0.25, 0.3) is 0 Å². The lowest BCUT2D eigenvalue weighted by molar-refractivity contribution is 0.419. The van der Waals surface area contributed by atoms with Crippen LogP contribution >= 0.6 is 0 Å². The standard InChI is InChI=1S/C20H17FN2O/c1-20(2)17-14(7-5-8-15(17)21)18(23-20)13-10-12-6-4-9-16(24-3)19(12)22-11-13/h4-11H,1-3H3. The smallest absolute Gasteiger partial charge is 0.145 e. The van der Waals surface area contributed by atoms with Gasteiger partial charge < -0.3 is 4.74 Å². The summed E-state index contributed by atoms with van der Waals surface area (Å²) in [6.07, 6.45) is 1.78. The highest BCUT2D eigenvalue weighted by molar-refractivity contribution is 6.16. The molecule has 1 aliphatic heterocycles. The molecule has 0 amide bonds. The summed E-state index contributed by atoms with van der Waals surface area (Å²) in [6.45, 7) is 3.86. The molecule has 0 saturated heterocycles. The molecular formula is C20H17FN2O. The molecule has 3 nitrogen and oxygen atoms in total. The van der Waals surface area contributed by atoms with E-state index >= 15 is 0 Å². The van der Waals surface area contributed by atoms with Gasteiger partial charge >= 0.3 is 0 Å². The van der Waals surface area contributed by atoms with Gasteiger partial charge in [0.1, 0.15) is 17.1 Å². The summed E-state index contributed by atoms with van der Waals surface area (Å²) in [6, 6.07) is 13.0. The predicted octanol–water partition coefficient (Wildman–Crippen LogP) is 4.47. The third kappa shape index (κ3) is 2.10. The van der Waals surface area contributed by atoms with Crippen LogP contribution in [-0.4, -0.2) is 17.8 Å². The van der Waals surface area contributed by atoms with E-state index in [4.69, 9.17) is 9.73 Å². The predicted molar refractivity (Wildman–Crippen MR) is 93.4 cm³/mol. The van der Waals surface area contributed by atoms with Crippen LogP contribution in [0.4, 0.5) is 4.39 Å². The van der Waals surface area contributed by atoms with E-state index in [0.29, 0.717) is 5.56 Å². The van der Waals surface area contributed by atoms with Crippen LogP contribution in [0.1, 0.15) is 30.5 Å². The second-order valence-corrected chi connectivity index (χ2v) is 6.44. The number of hydrogen-bond donors (Lipinski definition) is 0. The highest BCUT2D eigenvalue weighted by atomic mass is 19.1. The molecule has 0 spiro atoms. The second kappa shape index (κ2) is 5.13. The average molecular weight is 320 g/mol. The molecule has 0 bridgehead atoms. The second-order valence-electron chi connectivity index (χ2n) is 6.44. The molecule has 0 atom stereocenters. The molecule has 0 fully saturated rings. The van der Waals surface area contributed by atoms with Gasteiger partial charge in [-0.25, -0.2) is 4.39 Å². The first-order chi connectivity index (χ1) is 11.5. The highest BCUT2D eigenvalue weighted by Crippen LogP contribution is 2.38. The van der Waals surface area contributed by atoms with Crippen molar-refractivity contribution in [3.8, 4) is 5.75 Å². The number of methoxy groups -OCH3 is 1. The average Bonchev–Trinajstić information content (AvgIpc) is 2.86. The highest BCUT2D eigenvalue weighted by Gasteiger charge is 2.35. The normalized spacial score (nSPS) is 15.2. The minimum atomic E-state index is -0.584. The number of aliphatic imine (C=N–C) groups is 1. The number of hydrogen-bond acceptors (Lipinski definition) is 3. The molecule has 120 valence electrons. The lowest BCUT2D eigenvalue weighted by Crippen LogP contribution is -2.12. The Morgan fingerprint density at radius 1 is 1.08 bits per heavy atom. The first-order valence-corrected chi connectivity index (χ1v) is 7.83. The zero-order valence-corrected chi connectivity index (χ0v) is 13.8. The summed E-state index contributed by atoms with van der Waals surface area (Å²) in [5.74, 6) is 0.519. The molecule has 4 rings (SSSR count). The van der Waals surface area contributed by atoms with E-state index in [1.165, 1.54) is 6.07 Å². The summed E-state index contributed by atoms with van der Waals surface area (Å²) in [5, 5.41) is 0.970. The molecule has 1 aromatic heterocycles. The Balaban J connectivity index is 1.92. The zero-order chi connectivity index (χ0) is 16.9. The summed E-state index contributed by atoms with van der Waals surface area (Å²) in [4.78, 5) is 9.31. The maximum absolute atomic E-state index is 14.3. The van der Waals surface area contributed by atoms with Crippen molar-refractivity contribution in [2.45, 2.75) is 19.4 Å². The number of rotatable bonds is 2. The van der Waals surface area contributed by atoms with Crippen LogP contribution in [0.3, 0.4) is 0 Å². The number of aromatic nitrogens is 1. The third-order valence-electron chi connectivity index (χ3n) is 4.44. The fourth-order valence-corrected chi connectivity index (χ4v) is 3.39. The summed E-state index contributed by atoms with van der Waals surface area (Å²) < 4.78 is 19.7. The van der Waals surface area contributed by atoms with Crippen molar-refractivity contribution in [3.63, 3.8) is 0 Å². The van der Waals surface area contributed by atoms with Crippen molar-refractivity contribution in [1.82, 2.24) is 4.98 Å². The lowest BCUT2D eigenvalue weighted by Gasteiger charge is -2.16. The lowest BCUT2D eigenvalue weighted by atomic mass is 9.91. The SMILES string of the molecule is COc1cccc2cc(C3=NC(C)(C)c4c(F)cccc43)cnc12. The largest absolute Gasteiger partial charge is 0.494 e. The molecule has 24 heavy (non-hydrogen) atoms. The Morgan fingerprint density at radius 2 is 1.88 bits per heavy atom. The van der Waals surface area contributed by atoms with Crippen molar-refractivity contribution in [3.05, 3.63) is 71.2 Å². The Bertz CT molecular complexity index is 992. The number of pyridine rings is 1. The number of nitrogens with zero attached hydrogens (tertiary/aromatic N) is 2. The molecule has 0 radical (unpaired) electrons. The van der Waals surface area contributed by atoms with Crippen molar-refractivity contribution in [2.24, 2.45) is 4.99 Å². The molecule has 0 aliphatic carbocycles. The van der Waals surface area contributed by atoms with Gasteiger partial charge in [0, 0.05) is 28.3 Å². The van der Waals surface area contributed by atoms with Crippen molar-refractivity contribution in [1.29, 1.82) is 0 Å². The minimum absolute atomic E-state index is 0.216. The van der Waals surface area contributed by atoms with Crippen LogP contribution in [0.25, 0.3) is 10.9 Å². The van der Waals surface area contributed by atoms with E-state index in [1.54, 1.807) is 19.4 Å². The van der Waals surface area contributed by atoms with Crippen LogP contribution in [0, 0.1) is 5.82 Å². The molecule has 0 saturated carbocycles. The first-order valence-electron chi connectivity index (χ1n) is 7.83. The van der Waals surface area contributed by atoms with Crippen LogP contribution in [-0.2, 0) is 5.54 Å². The quantitative estimate of drug-likeness (QED) is 0.698. The zero-order valence-electron chi connectivity index (χ0n) is 13.8. The Kier molecular flexibility index (Phi) is 3.17. The van der Waals surface area contributed by atoms with Crippen LogP contribution in [0.2, 0.25) is 0 Å². The first kappa shape index (κ1) is 14.8. The van der Waals surface area contributed by atoms with E-state index in [9.17, 15) is 4.39 Å². The van der Waals surface area contributed by atoms with Crippen LogP contribution in [0.5, 0.6) is 5.75 Å². The number of halogens is 1. The monoisotopic (exact) mass is 320 g/mol. The fourth-order valence-electron chi connectivity index (χ4n) is 3.39. The van der Waals surface area contributed by atoms with E-state index in [-0.39, 0.29) is 5.82 Å². The molecule has 3 aromatic rings. The van der Waals surface area contributed by atoms with Gasteiger partial charge in [0.15, 0.2) is 0 Å². The molecule has 0 unspecified atom stereocenters.